The van der Waals surface area contributed by atoms with E-state index in [1.54, 1.807) is 0 Å². The van der Waals surface area contributed by atoms with Gasteiger partial charge in [-0.2, -0.15) is 0 Å². The maximum atomic E-state index is 12.7. The zero-order valence-corrected chi connectivity index (χ0v) is 40.7. The molecule has 0 aromatic rings. The van der Waals surface area contributed by atoms with Gasteiger partial charge in [-0.25, -0.2) is 0 Å². The first-order chi connectivity index (χ1) is 29.8. The van der Waals surface area contributed by atoms with Crippen LogP contribution < -0.4 is 4.89 Å². The normalized spacial score (nSPS) is 15.0. The van der Waals surface area contributed by atoms with Crippen LogP contribution in [0, 0.1) is 0 Å². The van der Waals surface area contributed by atoms with Crippen molar-refractivity contribution in [3.05, 3.63) is 60.8 Å². The van der Waals surface area contributed by atoms with Crippen LogP contribution >= 0.6 is 7.82 Å². The molecule has 0 radical (unpaired) electrons. The number of hydrogen-bond acceptors (Lipinski definition) is 10. The Labute approximate surface area is 378 Å². The minimum absolute atomic E-state index is 0.0415. The van der Waals surface area contributed by atoms with Gasteiger partial charge < -0.3 is 38.1 Å². The zero-order chi connectivity index (χ0) is 46.0. The number of phosphoric acid groups is 1. The summed E-state index contributed by atoms with van der Waals surface area (Å²) in [6.07, 6.45) is 42.8. The molecule has 360 valence electrons. The van der Waals surface area contributed by atoms with Gasteiger partial charge in [-0.3, -0.25) is 14.2 Å². The second-order valence-corrected chi connectivity index (χ2v) is 18.8. The van der Waals surface area contributed by atoms with E-state index < -0.39 is 51.3 Å². The molecule has 0 saturated carbocycles. The molecule has 0 aliphatic carbocycles. The summed E-state index contributed by atoms with van der Waals surface area (Å²) in [5.41, 5.74) is 0. The Bertz CT molecular complexity index is 1270. The number of carbonyl (C=O) groups is 2. The molecule has 0 fully saturated rings. The van der Waals surface area contributed by atoms with E-state index in [0.29, 0.717) is 17.4 Å². The van der Waals surface area contributed by atoms with Gasteiger partial charge in [-0.15, -0.1) is 0 Å². The summed E-state index contributed by atoms with van der Waals surface area (Å²) in [4.78, 5) is 37.7. The van der Waals surface area contributed by atoms with Gasteiger partial charge in [0.15, 0.2) is 6.10 Å². The SMILES string of the molecule is CC/C=C\C/C=C\C/C=C\C/C=C\C[C@H](O)[C@@H](O)CCCC(=O)OC[C@H](COP(=O)([O-])OCC[N+](C)(C)C)OC(=O)CCCCCCCCCCC/C=C\CCCCCCCC. The molecular weight excluding hydrogens is 806 g/mol. The highest BCUT2D eigenvalue weighted by molar-refractivity contribution is 7.45. The number of aliphatic hydroxyl groups is 2. The van der Waals surface area contributed by atoms with Crippen LogP contribution in [0.3, 0.4) is 0 Å². The Balaban J connectivity index is 4.52. The number of hydrogen-bond donors (Lipinski definition) is 2. The lowest BCUT2D eigenvalue weighted by atomic mass is 10.0. The summed E-state index contributed by atoms with van der Waals surface area (Å²) >= 11 is 0. The monoisotopic (exact) mass is 896 g/mol. The lowest BCUT2D eigenvalue weighted by Gasteiger charge is -2.28. The summed E-state index contributed by atoms with van der Waals surface area (Å²) in [5, 5.41) is 20.7. The summed E-state index contributed by atoms with van der Waals surface area (Å²) in [6.45, 7) is 3.77. The molecule has 0 saturated heterocycles. The van der Waals surface area contributed by atoms with Crippen LogP contribution in [0.5, 0.6) is 0 Å². The molecule has 0 aromatic carbocycles. The fraction of sp³-hybridized carbons (Fsp3) is 0.760. The highest BCUT2D eigenvalue weighted by atomic mass is 31.2. The number of quaternary nitrogens is 1. The third-order valence-corrected chi connectivity index (χ3v) is 11.2. The molecule has 62 heavy (non-hydrogen) atoms. The lowest BCUT2D eigenvalue weighted by molar-refractivity contribution is -0.870. The van der Waals surface area contributed by atoms with Gasteiger partial charge in [0.1, 0.15) is 19.8 Å². The van der Waals surface area contributed by atoms with Crippen LogP contribution in [0.15, 0.2) is 60.8 Å². The Morgan fingerprint density at radius 2 is 1.10 bits per heavy atom. The van der Waals surface area contributed by atoms with Crippen molar-refractivity contribution in [3.63, 3.8) is 0 Å². The Morgan fingerprint density at radius 3 is 1.65 bits per heavy atom. The molecule has 0 aliphatic heterocycles. The van der Waals surface area contributed by atoms with Crippen molar-refractivity contribution in [2.75, 3.05) is 47.5 Å². The second kappa shape index (κ2) is 41.3. The van der Waals surface area contributed by atoms with Crippen molar-refractivity contribution >= 4 is 19.8 Å². The molecule has 1 unspecified atom stereocenters. The number of carbonyl (C=O) groups excluding carboxylic acids is 2. The molecular formula is C50H90NO10P. The number of phosphoric ester groups is 1. The van der Waals surface area contributed by atoms with Crippen molar-refractivity contribution in [1.29, 1.82) is 0 Å². The predicted molar refractivity (Wildman–Crippen MR) is 252 cm³/mol. The average molecular weight is 896 g/mol. The molecule has 4 atom stereocenters. The average Bonchev–Trinajstić information content (AvgIpc) is 3.22. The van der Waals surface area contributed by atoms with Crippen molar-refractivity contribution < 1.29 is 52.3 Å². The number of unbranched alkanes of at least 4 members (excludes halogenated alkanes) is 15. The standard InChI is InChI=1S/C50H90NO10P/c1-6-8-10-12-14-16-18-20-21-22-23-24-25-26-28-30-32-34-36-40-50(55)61-46(45-60-62(56,57)59-43-42-51(3,4)5)44-58-49(54)41-37-39-48(53)47(52)38-35-33-31-29-27-19-17-15-13-11-9-7-2/h9,11,15,17,20-21,27,29,33,35,46-48,52-53H,6-8,10,12-14,16,18-19,22-26,28,30-32,34,36-45H2,1-5H3/b11-9-,17-15-,21-20-,29-27-,35-33-/t46-,47+,48+/m1/s1. The van der Waals surface area contributed by atoms with Gasteiger partial charge in [0.25, 0.3) is 7.82 Å². The Morgan fingerprint density at radius 1 is 0.597 bits per heavy atom. The number of aliphatic hydroxyl groups excluding tert-OH is 2. The van der Waals surface area contributed by atoms with E-state index in [0.717, 1.165) is 44.9 Å². The lowest BCUT2D eigenvalue weighted by Crippen LogP contribution is -2.37. The summed E-state index contributed by atoms with van der Waals surface area (Å²) in [5.74, 6) is -1.13. The van der Waals surface area contributed by atoms with E-state index in [4.69, 9.17) is 18.5 Å². The number of ether oxygens (including phenoxy) is 2. The van der Waals surface area contributed by atoms with Crippen molar-refractivity contribution in [2.24, 2.45) is 0 Å². The number of allylic oxidation sites excluding steroid dienone is 9. The van der Waals surface area contributed by atoms with Gasteiger partial charge in [0.2, 0.25) is 0 Å². The molecule has 0 aliphatic rings. The van der Waals surface area contributed by atoms with Gasteiger partial charge in [-0.1, -0.05) is 152 Å². The molecule has 0 bridgehead atoms. The Hall–Kier alpha value is -2.37. The highest BCUT2D eigenvalue weighted by Gasteiger charge is 2.22. The maximum Gasteiger partial charge on any atom is 0.306 e. The summed E-state index contributed by atoms with van der Waals surface area (Å²) < 4.78 is 33.8. The van der Waals surface area contributed by atoms with E-state index in [9.17, 15) is 29.3 Å². The van der Waals surface area contributed by atoms with E-state index in [-0.39, 0.29) is 38.7 Å². The van der Waals surface area contributed by atoms with Crippen LogP contribution in [0.4, 0.5) is 0 Å². The number of likely N-dealkylation sites (N-methyl/N-ethyl adjacent to an activating group) is 1. The maximum absolute atomic E-state index is 12.7. The van der Waals surface area contributed by atoms with Crippen LogP contribution in [-0.2, 0) is 32.7 Å². The van der Waals surface area contributed by atoms with E-state index >= 15 is 0 Å². The highest BCUT2D eigenvalue weighted by Crippen LogP contribution is 2.38. The van der Waals surface area contributed by atoms with Gasteiger partial charge in [0.05, 0.1) is 40.0 Å². The molecule has 12 heteroatoms. The van der Waals surface area contributed by atoms with E-state index in [1.165, 1.54) is 83.5 Å². The van der Waals surface area contributed by atoms with E-state index in [2.05, 4.69) is 62.5 Å². The first-order valence-corrected chi connectivity index (χ1v) is 25.6. The first-order valence-electron chi connectivity index (χ1n) is 24.2. The number of esters is 2. The number of rotatable bonds is 43. The zero-order valence-electron chi connectivity index (χ0n) is 39.8. The van der Waals surface area contributed by atoms with E-state index in [1.807, 2.05) is 33.3 Å². The van der Waals surface area contributed by atoms with Crippen LogP contribution in [0.25, 0.3) is 0 Å². The summed E-state index contributed by atoms with van der Waals surface area (Å²) in [6, 6.07) is 0. The van der Waals surface area contributed by atoms with Crippen molar-refractivity contribution in [1.82, 2.24) is 0 Å². The van der Waals surface area contributed by atoms with Crippen molar-refractivity contribution in [3.8, 4) is 0 Å². The van der Waals surface area contributed by atoms with Crippen LogP contribution in [0.2, 0.25) is 0 Å². The van der Waals surface area contributed by atoms with Crippen LogP contribution in [-0.4, -0.2) is 92.5 Å². The Kier molecular flexibility index (Phi) is 39.8. The third-order valence-electron chi connectivity index (χ3n) is 10.2. The quantitative estimate of drug-likeness (QED) is 0.0199. The smallest absolute Gasteiger partial charge is 0.306 e. The molecule has 2 N–H and O–H groups in total. The molecule has 0 aromatic heterocycles. The molecule has 0 spiro atoms. The predicted octanol–water partition coefficient (Wildman–Crippen LogP) is 11.3. The first kappa shape index (κ1) is 59.6. The third kappa shape index (κ3) is 42.9. The molecule has 11 nitrogen and oxygen atoms in total. The van der Waals surface area contributed by atoms with Crippen LogP contribution in [0.1, 0.15) is 181 Å². The van der Waals surface area contributed by atoms with Gasteiger partial charge in [-0.05, 0) is 77.0 Å². The summed E-state index contributed by atoms with van der Waals surface area (Å²) in [7, 11) is 1.00. The fourth-order valence-electron chi connectivity index (χ4n) is 6.32. The molecule has 0 heterocycles. The molecule has 0 rings (SSSR count). The fourth-order valence-corrected chi connectivity index (χ4v) is 7.05. The van der Waals surface area contributed by atoms with Crippen molar-refractivity contribution in [2.45, 2.75) is 199 Å². The second-order valence-electron chi connectivity index (χ2n) is 17.4. The number of nitrogens with zero attached hydrogens (tertiary/aromatic N) is 1. The largest absolute Gasteiger partial charge is 0.756 e. The minimum Gasteiger partial charge on any atom is -0.756 e. The minimum atomic E-state index is -4.70. The van der Waals surface area contributed by atoms with Gasteiger partial charge in [0, 0.05) is 12.8 Å². The van der Waals surface area contributed by atoms with Gasteiger partial charge >= 0.3 is 11.9 Å². The molecule has 0 amide bonds. The topological polar surface area (TPSA) is 152 Å².